The number of sulfone groups is 1. The highest BCUT2D eigenvalue weighted by molar-refractivity contribution is 9.10. The number of phenols is 1. The number of hydrogen-bond acceptors (Lipinski definition) is 5. The molecule has 2 heterocycles. The molecule has 0 amide bonds. The monoisotopic (exact) mass is 585 g/mol. The molecular formula is C23H19BrF3N3O5S. The van der Waals surface area contributed by atoms with E-state index in [1.165, 1.54) is 17.7 Å². The van der Waals surface area contributed by atoms with Gasteiger partial charge >= 0.3 is 12.1 Å². The lowest BCUT2D eigenvalue weighted by Crippen LogP contribution is -2.13. The van der Waals surface area contributed by atoms with Crippen molar-refractivity contribution in [1.82, 2.24) is 14.1 Å². The van der Waals surface area contributed by atoms with Crippen LogP contribution in [0, 0.1) is 6.92 Å². The number of halogens is 4. The fourth-order valence-corrected chi connectivity index (χ4v) is 5.96. The highest BCUT2D eigenvalue weighted by atomic mass is 79.9. The smallest absolute Gasteiger partial charge is 0.416 e. The summed E-state index contributed by atoms with van der Waals surface area (Å²) in [6.45, 7) is 1.79. The second-order valence-corrected chi connectivity index (χ2v) is 11.0. The van der Waals surface area contributed by atoms with Gasteiger partial charge in [0.1, 0.15) is 11.6 Å². The van der Waals surface area contributed by atoms with Crippen molar-refractivity contribution in [3.63, 3.8) is 0 Å². The second-order valence-electron chi connectivity index (χ2n) is 8.15. The molecule has 0 fully saturated rings. The number of benzene rings is 2. The summed E-state index contributed by atoms with van der Waals surface area (Å²) in [5.41, 5.74) is -0.816. The zero-order chi connectivity index (χ0) is 26.6. The van der Waals surface area contributed by atoms with Crippen LogP contribution in [0.25, 0.3) is 10.9 Å². The molecule has 2 aromatic carbocycles. The summed E-state index contributed by atoms with van der Waals surface area (Å²) < 4.78 is 68.3. The maximum absolute atomic E-state index is 13.1. The minimum Gasteiger partial charge on any atom is -0.506 e. The van der Waals surface area contributed by atoms with Gasteiger partial charge in [0.2, 0.25) is 0 Å². The first-order chi connectivity index (χ1) is 16.7. The number of carboxylic acid groups (broad SMARTS) is 1. The van der Waals surface area contributed by atoms with Gasteiger partial charge in [-0.2, -0.15) is 13.2 Å². The van der Waals surface area contributed by atoms with Crippen LogP contribution < -0.4 is 0 Å². The summed E-state index contributed by atoms with van der Waals surface area (Å²) in [6, 6.07) is 4.49. The minimum atomic E-state index is -4.63. The zero-order valence-electron chi connectivity index (χ0n) is 18.8. The van der Waals surface area contributed by atoms with Crippen LogP contribution in [-0.4, -0.2) is 38.7 Å². The van der Waals surface area contributed by atoms with Gasteiger partial charge in [-0.15, -0.1) is 0 Å². The van der Waals surface area contributed by atoms with E-state index in [9.17, 15) is 36.6 Å². The van der Waals surface area contributed by atoms with Crippen molar-refractivity contribution >= 4 is 42.6 Å². The number of aromatic nitrogens is 3. The number of aromatic hydroxyl groups is 1. The van der Waals surface area contributed by atoms with Gasteiger partial charge < -0.3 is 19.3 Å². The Bertz CT molecular complexity index is 1610. The van der Waals surface area contributed by atoms with E-state index in [0.717, 1.165) is 12.1 Å². The van der Waals surface area contributed by atoms with Crippen molar-refractivity contribution < 1.29 is 36.6 Å². The van der Waals surface area contributed by atoms with Crippen LogP contribution in [-0.2, 0) is 35.4 Å². The first kappa shape index (κ1) is 25.8. The molecule has 0 spiro atoms. The summed E-state index contributed by atoms with van der Waals surface area (Å²) in [4.78, 5) is 16.1. The summed E-state index contributed by atoms with van der Waals surface area (Å²) in [5.74, 6) is -1.79. The number of carboxylic acids is 1. The molecule has 2 aromatic heterocycles. The molecule has 0 bridgehead atoms. The van der Waals surface area contributed by atoms with E-state index in [4.69, 9.17) is 0 Å². The van der Waals surface area contributed by atoms with E-state index in [-0.39, 0.29) is 43.9 Å². The molecule has 4 rings (SSSR count). The first-order valence-corrected chi connectivity index (χ1v) is 12.8. The van der Waals surface area contributed by atoms with Gasteiger partial charge in [0.25, 0.3) is 0 Å². The third kappa shape index (κ3) is 4.48. The summed E-state index contributed by atoms with van der Waals surface area (Å²) in [7, 11) is -2.74. The van der Waals surface area contributed by atoms with Crippen molar-refractivity contribution in [2.75, 3.05) is 0 Å². The molecule has 0 saturated heterocycles. The lowest BCUT2D eigenvalue weighted by atomic mass is 10.0. The minimum absolute atomic E-state index is 0.0585. The molecule has 0 saturated carbocycles. The van der Waals surface area contributed by atoms with Gasteiger partial charge in [0.15, 0.2) is 9.84 Å². The summed E-state index contributed by atoms with van der Waals surface area (Å²) >= 11 is 3.27. The maximum atomic E-state index is 13.1. The van der Waals surface area contributed by atoms with E-state index in [1.807, 2.05) is 0 Å². The Balaban J connectivity index is 1.90. The zero-order valence-corrected chi connectivity index (χ0v) is 21.2. The third-order valence-corrected chi connectivity index (χ3v) is 8.22. The second kappa shape index (κ2) is 8.96. The molecule has 0 aliphatic carbocycles. The fraction of sp³-hybridized carbons (Fsp3) is 0.217. The number of fused-ring (bicyclic) bond motifs is 1. The highest BCUT2D eigenvalue weighted by Crippen LogP contribution is 2.40. The molecular weight excluding hydrogens is 567 g/mol. The normalized spacial score (nSPS) is 12.4. The Labute approximate surface area is 211 Å². The van der Waals surface area contributed by atoms with E-state index < -0.39 is 33.3 Å². The number of phenolic OH excluding ortho intramolecular Hbond substituents is 1. The molecule has 0 aliphatic rings. The molecule has 190 valence electrons. The van der Waals surface area contributed by atoms with E-state index in [2.05, 4.69) is 20.9 Å². The van der Waals surface area contributed by atoms with Crippen molar-refractivity contribution in [2.45, 2.75) is 30.3 Å². The lowest BCUT2D eigenvalue weighted by Gasteiger charge is -2.12. The van der Waals surface area contributed by atoms with Gasteiger partial charge in [-0.1, -0.05) is 0 Å². The Hall–Kier alpha value is -3.32. The number of aryl methyl sites for hydroxylation is 2. The molecule has 13 heteroatoms. The average molecular weight is 586 g/mol. The molecule has 0 atom stereocenters. The van der Waals surface area contributed by atoms with Crippen LogP contribution in [0.4, 0.5) is 13.2 Å². The number of imidazole rings is 1. The Morgan fingerprint density at radius 2 is 1.83 bits per heavy atom. The molecule has 8 nitrogen and oxygen atoms in total. The molecule has 0 aliphatic heterocycles. The predicted octanol–water partition coefficient (Wildman–Crippen LogP) is 4.89. The molecule has 36 heavy (non-hydrogen) atoms. The number of alkyl halides is 3. The van der Waals surface area contributed by atoms with E-state index in [0.29, 0.717) is 23.5 Å². The van der Waals surface area contributed by atoms with Crippen molar-refractivity contribution in [2.24, 2.45) is 7.05 Å². The first-order valence-electron chi connectivity index (χ1n) is 10.3. The standard InChI is InChI=1S/C23H19BrF3N3O5S/c1-12-28-7-8-30(12)10-15-19-17(9-16(24)21(15)31)29(2)18(20(19)22(32)33)11-36(34,35)14-5-3-13(4-6-14)23(25,26)27/h3-9,31H,10-11H2,1-2H3,(H,32,33). The average Bonchev–Trinajstić information content (AvgIpc) is 3.31. The number of carbonyl (C=O) groups is 1. The fourth-order valence-electron chi connectivity index (χ4n) is 4.09. The van der Waals surface area contributed by atoms with Crippen molar-refractivity contribution in [3.05, 3.63) is 75.4 Å². The van der Waals surface area contributed by atoms with Gasteiger partial charge in [-0.25, -0.2) is 18.2 Å². The third-order valence-electron chi connectivity index (χ3n) is 5.97. The van der Waals surface area contributed by atoms with Gasteiger partial charge in [-0.3, -0.25) is 0 Å². The molecule has 0 unspecified atom stereocenters. The lowest BCUT2D eigenvalue weighted by molar-refractivity contribution is -0.137. The maximum Gasteiger partial charge on any atom is 0.416 e. The van der Waals surface area contributed by atoms with Crippen LogP contribution in [0.15, 0.2) is 52.1 Å². The Kier molecular flexibility index (Phi) is 6.41. The quantitative estimate of drug-likeness (QED) is 0.333. The topological polar surface area (TPSA) is 114 Å². The van der Waals surface area contributed by atoms with Crippen LogP contribution >= 0.6 is 15.9 Å². The summed E-state index contributed by atoms with van der Waals surface area (Å²) in [6.07, 6.45) is -1.43. The highest BCUT2D eigenvalue weighted by Gasteiger charge is 2.32. The predicted molar refractivity (Wildman–Crippen MR) is 128 cm³/mol. The van der Waals surface area contributed by atoms with Crippen LogP contribution in [0.1, 0.15) is 33.0 Å². The van der Waals surface area contributed by atoms with Crippen LogP contribution in [0.5, 0.6) is 5.75 Å². The molecule has 0 radical (unpaired) electrons. The van der Waals surface area contributed by atoms with E-state index >= 15 is 0 Å². The number of aromatic carboxylic acids is 1. The van der Waals surface area contributed by atoms with E-state index in [1.54, 1.807) is 23.9 Å². The van der Waals surface area contributed by atoms with Gasteiger partial charge in [0.05, 0.1) is 38.3 Å². The van der Waals surface area contributed by atoms with Crippen LogP contribution in [0.3, 0.4) is 0 Å². The number of nitrogens with zero attached hydrogens (tertiary/aromatic N) is 3. The van der Waals surface area contributed by atoms with Gasteiger partial charge in [0, 0.05) is 36.1 Å². The van der Waals surface area contributed by atoms with Crippen molar-refractivity contribution in [3.8, 4) is 5.75 Å². The Morgan fingerprint density at radius 1 is 1.19 bits per heavy atom. The van der Waals surface area contributed by atoms with Crippen LogP contribution in [0.2, 0.25) is 0 Å². The molecule has 2 N–H and O–H groups in total. The number of rotatable bonds is 6. The van der Waals surface area contributed by atoms with Crippen molar-refractivity contribution in [1.29, 1.82) is 0 Å². The number of hydrogen-bond donors (Lipinski definition) is 2. The SMILES string of the molecule is Cc1nccn1Cc1c(O)c(Br)cc2c1c(C(=O)O)c(CS(=O)(=O)c1ccc(C(F)(F)F)cc1)n2C. The Morgan fingerprint density at radius 3 is 2.36 bits per heavy atom. The summed E-state index contributed by atoms with van der Waals surface area (Å²) in [5, 5.41) is 21.0. The largest absolute Gasteiger partial charge is 0.506 e. The van der Waals surface area contributed by atoms with Gasteiger partial charge in [-0.05, 0) is 53.2 Å². The molecule has 4 aromatic rings.